The summed E-state index contributed by atoms with van der Waals surface area (Å²) in [7, 11) is 1.74. The highest BCUT2D eigenvalue weighted by Crippen LogP contribution is 2.35. The van der Waals surface area contributed by atoms with Crippen LogP contribution in [0.4, 0.5) is 10.1 Å². The molecule has 5 nitrogen and oxygen atoms in total. The molecule has 138 valence electrons. The molecule has 2 aliphatic rings. The van der Waals surface area contributed by atoms with E-state index in [2.05, 4.69) is 20.5 Å². The van der Waals surface area contributed by atoms with E-state index in [-0.39, 0.29) is 42.2 Å². The number of guanidine groups is 1. The van der Waals surface area contributed by atoms with E-state index in [9.17, 15) is 9.18 Å². The van der Waals surface area contributed by atoms with Crippen LogP contribution in [0.25, 0.3) is 0 Å². The summed E-state index contributed by atoms with van der Waals surface area (Å²) in [5.41, 5.74) is 0.462. The zero-order valence-electron chi connectivity index (χ0n) is 14.5. The molecule has 1 aliphatic carbocycles. The van der Waals surface area contributed by atoms with Gasteiger partial charge in [-0.1, -0.05) is 18.9 Å². The maximum atomic E-state index is 13.1. The van der Waals surface area contributed by atoms with Crippen molar-refractivity contribution in [3.63, 3.8) is 0 Å². The first-order chi connectivity index (χ1) is 11.7. The number of halogens is 2. The summed E-state index contributed by atoms with van der Waals surface area (Å²) in [5.74, 6) is 1.73. The van der Waals surface area contributed by atoms with E-state index in [0.717, 1.165) is 30.9 Å². The summed E-state index contributed by atoms with van der Waals surface area (Å²) < 4.78 is 13.1. The van der Waals surface area contributed by atoms with Gasteiger partial charge in [0.2, 0.25) is 5.91 Å². The summed E-state index contributed by atoms with van der Waals surface area (Å²) in [6.07, 6.45) is 5.27. The molecule has 1 aliphatic heterocycles. The molecule has 1 aromatic rings. The lowest BCUT2D eigenvalue weighted by atomic mass is 9.82. The number of nitrogens with zero attached hydrogens (tertiary/aromatic N) is 2. The number of aliphatic imine (C=N–C) groups is 1. The summed E-state index contributed by atoms with van der Waals surface area (Å²) in [6.45, 7) is 2.17. The minimum Gasteiger partial charge on any atom is -0.347 e. The number of benzene rings is 1. The fraction of sp³-hybridized carbons (Fsp3) is 0.556. The quantitative estimate of drug-likeness (QED) is 0.414. The number of likely N-dealkylation sites (tertiary alicyclic amines) is 1. The fourth-order valence-electron chi connectivity index (χ4n) is 3.84. The average Bonchev–Trinajstić information content (AvgIpc) is 2.99. The van der Waals surface area contributed by atoms with Crippen LogP contribution in [0.5, 0.6) is 0 Å². The molecule has 1 aromatic carbocycles. The largest absolute Gasteiger partial charge is 0.347 e. The Morgan fingerprint density at radius 2 is 1.96 bits per heavy atom. The van der Waals surface area contributed by atoms with Crippen molar-refractivity contribution in [1.29, 1.82) is 0 Å². The van der Waals surface area contributed by atoms with Crippen molar-refractivity contribution in [1.82, 2.24) is 10.2 Å². The minimum absolute atomic E-state index is 0. The predicted octanol–water partition coefficient (Wildman–Crippen LogP) is 3.08. The summed E-state index contributed by atoms with van der Waals surface area (Å²) in [5, 5.41) is 5.81. The molecule has 1 saturated carbocycles. The average molecular weight is 460 g/mol. The Bertz CT molecular complexity index is 611. The van der Waals surface area contributed by atoms with E-state index in [1.54, 1.807) is 19.2 Å². The zero-order valence-corrected chi connectivity index (χ0v) is 16.8. The number of rotatable bonds is 3. The molecule has 0 spiro atoms. The van der Waals surface area contributed by atoms with Gasteiger partial charge in [-0.15, -0.1) is 24.0 Å². The number of hydrogen-bond donors (Lipinski definition) is 2. The molecule has 3 rings (SSSR count). The Morgan fingerprint density at radius 1 is 1.28 bits per heavy atom. The van der Waals surface area contributed by atoms with Crippen LogP contribution in [0.2, 0.25) is 0 Å². The topological polar surface area (TPSA) is 56.7 Å². The second kappa shape index (κ2) is 9.35. The van der Waals surface area contributed by atoms with Gasteiger partial charge in [-0.3, -0.25) is 9.79 Å². The van der Waals surface area contributed by atoms with Crippen molar-refractivity contribution in [2.75, 3.05) is 32.0 Å². The number of nitrogens with one attached hydrogen (secondary N) is 2. The Labute approximate surface area is 165 Å². The molecule has 2 atom stereocenters. The molecule has 1 saturated heterocycles. The highest BCUT2D eigenvalue weighted by Gasteiger charge is 2.35. The number of fused-ring (bicyclic) bond motifs is 1. The molecule has 0 bridgehead atoms. The molecule has 25 heavy (non-hydrogen) atoms. The van der Waals surface area contributed by atoms with Crippen LogP contribution in [0, 0.1) is 17.7 Å². The van der Waals surface area contributed by atoms with Crippen LogP contribution in [0.1, 0.15) is 25.7 Å². The van der Waals surface area contributed by atoms with Crippen LogP contribution in [-0.4, -0.2) is 43.4 Å². The van der Waals surface area contributed by atoms with Crippen molar-refractivity contribution < 1.29 is 9.18 Å². The third-order valence-corrected chi connectivity index (χ3v) is 5.00. The predicted molar refractivity (Wildman–Crippen MR) is 109 cm³/mol. The molecule has 2 fully saturated rings. The number of carbonyl (C=O) groups is 1. The van der Waals surface area contributed by atoms with Crippen LogP contribution in [0.3, 0.4) is 0 Å². The van der Waals surface area contributed by atoms with Crippen molar-refractivity contribution in [3.8, 4) is 0 Å². The van der Waals surface area contributed by atoms with Gasteiger partial charge in [0, 0.05) is 25.8 Å². The van der Waals surface area contributed by atoms with Gasteiger partial charge in [-0.25, -0.2) is 4.39 Å². The minimum atomic E-state index is -0.365. The fourth-order valence-corrected chi connectivity index (χ4v) is 3.84. The molecule has 2 N–H and O–H groups in total. The third-order valence-electron chi connectivity index (χ3n) is 5.00. The number of hydrogen-bond acceptors (Lipinski definition) is 2. The van der Waals surface area contributed by atoms with Gasteiger partial charge in [0.05, 0.1) is 6.54 Å². The van der Waals surface area contributed by atoms with E-state index >= 15 is 0 Å². The van der Waals surface area contributed by atoms with Gasteiger partial charge in [-0.2, -0.15) is 0 Å². The third kappa shape index (κ3) is 5.29. The second-order valence-corrected chi connectivity index (χ2v) is 6.67. The molecule has 1 heterocycles. The standard InChI is InChI=1S/C18H25FN4O.HI/c1-20-18(23-11-13-5-2-3-6-14(13)12-23)21-10-17(24)22-16-8-4-7-15(19)9-16;/h4,7-9,13-14H,2-3,5-6,10-12H2,1H3,(H,20,21)(H,22,24);1H. The Morgan fingerprint density at radius 3 is 2.56 bits per heavy atom. The molecule has 0 radical (unpaired) electrons. The lowest BCUT2D eigenvalue weighted by Crippen LogP contribution is -2.43. The summed E-state index contributed by atoms with van der Waals surface area (Å²) >= 11 is 0. The first-order valence-corrected chi connectivity index (χ1v) is 8.66. The Hall–Kier alpha value is -1.38. The van der Waals surface area contributed by atoms with Crippen molar-refractivity contribution >= 4 is 41.5 Å². The van der Waals surface area contributed by atoms with Gasteiger partial charge >= 0.3 is 0 Å². The van der Waals surface area contributed by atoms with Crippen LogP contribution in [-0.2, 0) is 4.79 Å². The van der Waals surface area contributed by atoms with E-state index in [4.69, 9.17) is 0 Å². The molecule has 0 aromatic heterocycles. The SMILES string of the molecule is CN=C(NCC(=O)Nc1cccc(F)c1)N1CC2CCCCC2C1.I. The van der Waals surface area contributed by atoms with Gasteiger partial charge < -0.3 is 15.5 Å². The van der Waals surface area contributed by atoms with Gasteiger partial charge in [0.15, 0.2) is 5.96 Å². The number of carbonyl (C=O) groups excluding carboxylic acids is 1. The molecular weight excluding hydrogens is 434 g/mol. The highest BCUT2D eigenvalue weighted by molar-refractivity contribution is 14.0. The summed E-state index contributed by atoms with van der Waals surface area (Å²) in [4.78, 5) is 18.6. The lowest BCUT2D eigenvalue weighted by Gasteiger charge is -2.22. The van der Waals surface area contributed by atoms with Crippen LogP contribution < -0.4 is 10.6 Å². The monoisotopic (exact) mass is 460 g/mol. The maximum absolute atomic E-state index is 13.1. The van der Waals surface area contributed by atoms with Crippen LogP contribution >= 0.6 is 24.0 Å². The van der Waals surface area contributed by atoms with E-state index < -0.39 is 0 Å². The number of amides is 1. The number of anilines is 1. The first-order valence-electron chi connectivity index (χ1n) is 8.66. The van der Waals surface area contributed by atoms with E-state index in [0.29, 0.717) is 5.69 Å². The maximum Gasteiger partial charge on any atom is 0.243 e. The van der Waals surface area contributed by atoms with E-state index in [1.807, 2.05) is 0 Å². The van der Waals surface area contributed by atoms with Crippen molar-refractivity contribution in [3.05, 3.63) is 30.1 Å². The Kier molecular flexibility index (Phi) is 7.46. The van der Waals surface area contributed by atoms with Crippen LogP contribution in [0.15, 0.2) is 29.3 Å². The van der Waals surface area contributed by atoms with Crippen molar-refractivity contribution in [2.24, 2.45) is 16.8 Å². The highest BCUT2D eigenvalue weighted by atomic mass is 127. The normalized spacial score (nSPS) is 22.8. The Balaban J connectivity index is 0.00000225. The van der Waals surface area contributed by atoms with Gasteiger partial charge in [0.1, 0.15) is 5.82 Å². The molecule has 1 amide bonds. The summed E-state index contributed by atoms with van der Waals surface area (Å²) in [6, 6.07) is 5.89. The molecule has 2 unspecified atom stereocenters. The van der Waals surface area contributed by atoms with E-state index in [1.165, 1.54) is 37.8 Å². The smallest absolute Gasteiger partial charge is 0.243 e. The van der Waals surface area contributed by atoms with Crippen molar-refractivity contribution in [2.45, 2.75) is 25.7 Å². The lowest BCUT2D eigenvalue weighted by molar-refractivity contribution is -0.115. The van der Waals surface area contributed by atoms with Gasteiger partial charge in [-0.05, 0) is 42.9 Å². The molecule has 7 heteroatoms. The first kappa shape index (κ1) is 19.9. The van der Waals surface area contributed by atoms with Gasteiger partial charge in [0.25, 0.3) is 0 Å². The second-order valence-electron chi connectivity index (χ2n) is 6.67. The zero-order chi connectivity index (χ0) is 16.9. The molecular formula is C18H26FIN4O.